The van der Waals surface area contributed by atoms with Gasteiger partial charge in [-0.25, -0.2) is 0 Å². The smallest absolute Gasteiger partial charge is 0.0938 e. The first-order valence-corrected chi connectivity index (χ1v) is 10.7. The Balaban J connectivity index is 0.00000529. The molecular formula is C21H45ClN2. The Morgan fingerprint density at radius 1 is 0.792 bits per heavy atom. The Morgan fingerprint density at radius 3 is 1.75 bits per heavy atom. The molecular weight excluding hydrogens is 316 g/mol. The molecule has 1 atom stereocenters. The number of hydrogen-bond donors (Lipinski definition) is 1. The van der Waals surface area contributed by atoms with Crippen molar-refractivity contribution >= 4 is 0 Å². The van der Waals surface area contributed by atoms with E-state index in [1.807, 2.05) is 0 Å². The van der Waals surface area contributed by atoms with Gasteiger partial charge < -0.3 is 22.2 Å². The van der Waals surface area contributed by atoms with Crippen LogP contribution in [-0.2, 0) is 0 Å². The molecule has 0 aromatic carbocycles. The number of nitrogens with zero attached hydrogens (tertiary/aromatic N) is 1. The van der Waals surface area contributed by atoms with Crippen molar-refractivity contribution < 1.29 is 16.9 Å². The number of halogens is 1. The maximum absolute atomic E-state index is 3.64. The standard InChI is InChI=1S/C21H45N2.ClH/c1-4-5-6-7-8-9-10-11-12-13-14-15-19-23(2,3)20-21-17-16-18-22-21;/h21-22H,4-20H2,1-3H3;1H/q+1;/p-1. The van der Waals surface area contributed by atoms with Crippen LogP contribution in [0.25, 0.3) is 0 Å². The predicted octanol–water partition coefficient (Wildman–Crippen LogP) is 2.52. The zero-order valence-corrected chi connectivity index (χ0v) is 17.7. The number of likely N-dealkylation sites (N-methyl/N-ethyl adjacent to an activating group) is 1. The minimum absolute atomic E-state index is 0. The highest BCUT2D eigenvalue weighted by molar-refractivity contribution is 4.73. The second kappa shape index (κ2) is 15.5. The van der Waals surface area contributed by atoms with E-state index in [0.29, 0.717) is 0 Å². The van der Waals surface area contributed by atoms with E-state index in [2.05, 4.69) is 26.3 Å². The van der Waals surface area contributed by atoms with Crippen LogP contribution >= 0.6 is 0 Å². The summed E-state index contributed by atoms with van der Waals surface area (Å²) in [5.74, 6) is 0. The van der Waals surface area contributed by atoms with Gasteiger partial charge in [-0.1, -0.05) is 71.1 Å². The zero-order valence-electron chi connectivity index (χ0n) is 16.9. The Labute approximate surface area is 159 Å². The fraction of sp³-hybridized carbons (Fsp3) is 1.00. The molecule has 0 amide bonds. The van der Waals surface area contributed by atoms with Crippen molar-refractivity contribution in [2.24, 2.45) is 0 Å². The first kappa shape index (κ1) is 24.2. The van der Waals surface area contributed by atoms with Gasteiger partial charge in [-0.05, 0) is 32.2 Å². The summed E-state index contributed by atoms with van der Waals surface area (Å²) in [5.41, 5.74) is 0. The SMILES string of the molecule is CCCCCCCCCCCCCC[N+](C)(C)CC1CCCN1.[Cl-]. The molecule has 24 heavy (non-hydrogen) atoms. The first-order valence-electron chi connectivity index (χ1n) is 10.7. The fourth-order valence-electron chi connectivity index (χ4n) is 3.98. The van der Waals surface area contributed by atoms with Gasteiger partial charge in [0, 0.05) is 0 Å². The highest BCUT2D eigenvalue weighted by Crippen LogP contribution is 2.14. The topological polar surface area (TPSA) is 12.0 Å². The first-order chi connectivity index (χ1) is 11.1. The molecule has 0 radical (unpaired) electrons. The van der Waals surface area contributed by atoms with Crippen molar-refractivity contribution in [1.82, 2.24) is 5.32 Å². The summed E-state index contributed by atoms with van der Waals surface area (Å²) in [6.45, 7) is 6.21. The van der Waals surface area contributed by atoms with Crippen LogP contribution in [0, 0.1) is 0 Å². The van der Waals surface area contributed by atoms with Crippen molar-refractivity contribution in [3.8, 4) is 0 Å². The normalized spacial score (nSPS) is 17.9. The number of hydrogen-bond acceptors (Lipinski definition) is 1. The van der Waals surface area contributed by atoms with Crippen LogP contribution in [0.1, 0.15) is 96.8 Å². The van der Waals surface area contributed by atoms with Crippen molar-refractivity contribution in [2.75, 3.05) is 33.7 Å². The number of quaternary nitrogens is 1. The second-order valence-corrected chi connectivity index (χ2v) is 8.52. The molecule has 1 aliphatic rings. The third-order valence-corrected chi connectivity index (χ3v) is 5.49. The second-order valence-electron chi connectivity index (χ2n) is 8.52. The lowest BCUT2D eigenvalue weighted by Crippen LogP contribution is -3.00. The molecule has 3 heteroatoms. The van der Waals surface area contributed by atoms with E-state index in [0.717, 1.165) is 6.04 Å². The largest absolute Gasteiger partial charge is 1.00 e. The van der Waals surface area contributed by atoms with E-state index < -0.39 is 0 Å². The summed E-state index contributed by atoms with van der Waals surface area (Å²) in [6.07, 6.45) is 20.2. The van der Waals surface area contributed by atoms with Crippen LogP contribution in [0.2, 0.25) is 0 Å². The zero-order chi connectivity index (χ0) is 16.8. The van der Waals surface area contributed by atoms with Crippen LogP contribution in [0.3, 0.4) is 0 Å². The Kier molecular flexibility index (Phi) is 15.6. The lowest BCUT2D eigenvalue weighted by molar-refractivity contribution is -0.891. The lowest BCUT2D eigenvalue weighted by atomic mass is 10.1. The molecule has 1 fully saturated rings. The average molecular weight is 361 g/mol. The quantitative estimate of drug-likeness (QED) is 0.349. The molecule has 0 aromatic heterocycles. The van der Waals surface area contributed by atoms with Crippen LogP contribution in [-0.4, -0.2) is 44.3 Å². The van der Waals surface area contributed by atoms with Crippen LogP contribution in [0.4, 0.5) is 0 Å². The van der Waals surface area contributed by atoms with Gasteiger partial charge in [0.15, 0.2) is 0 Å². The summed E-state index contributed by atoms with van der Waals surface area (Å²) < 4.78 is 1.20. The maximum atomic E-state index is 3.64. The Morgan fingerprint density at radius 2 is 1.29 bits per heavy atom. The molecule has 1 N–H and O–H groups in total. The number of rotatable bonds is 15. The number of unbranched alkanes of at least 4 members (excludes halogenated alkanes) is 11. The van der Waals surface area contributed by atoms with E-state index in [9.17, 15) is 0 Å². The molecule has 146 valence electrons. The van der Waals surface area contributed by atoms with E-state index >= 15 is 0 Å². The summed E-state index contributed by atoms with van der Waals surface area (Å²) >= 11 is 0. The van der Waals surface area contributed by atoms with Gasteiger partial charge in [-0.2, -0.15) is 0 Å². The highest BCUT2D eigenvalue weighted by atomic mass is 35.5. The minimum atomic E-state index is 0. The van der Waals surface area contributed by atoms with Gasteiger partial charge in [-0.3, -0.25) is 0 Å². The molecule has 0 saturated carbocycles. The molecule has 1 aliphatic heterocycles. The van der Waals surface area contributed by atoms with E-state index in [4.69, 9.17) is 0 Å². The van der Waals surface area contributed by atoms with Crippen molar-refractivity contribution in [3.63, 3.8) is 0 Å². The van der Waals surface area contributed by atoms with Gasteiger partial charge in [0.2, 0.25) is 0 Å². The Bertz CT molecular complexity index is 263. The molecule has 2 nitrogen and oxygen atoms in total. The lowest BCUT2D eigenvalue weighted by Gasteiger charge is -2.32. The molecule has 0 aromatic rings. The molecule has 1 rings (SSSR count). The van der Waals surface area contributed by atoms with Crippen LogP contribution < -0.4 is 17.7 Å². The number of nitrogens with one attached hydrogen (secondary N) is 1. The highest BCUT2D eigenvalue weighted by Gasteiger charge is 2.23. The summed E-state index contributed by atoms with van der Waals surface area (Å²) in [5, 5.41) is 3.64. The predicted molar refractivity (Wildman–Crippen MR) is 104 cm³/mol. The van der Waals surface area contributed by atoms with Crippen LogP contribution in [0.5, 0.6) is 0 Å². The van der Waals surface area contributed by atoms with E-state index in [-0.39, 0.29) is 12.4 Å². The maximum Gasteiger partial charge on any atom is 0.0938 e. The van der Waals surface area contributed by atoms with Gasteiger partial charge in [0.05, 0.1) is 33.2 Å². The van der Waals surface area contributed by atoms with Crippen molar-refractivity contribution in [3.05, 3.63) is 0 Å². The molecule has 1 saturated heterocycles. The van der Waals surface area contributed by atoms with E-state index in [1.54, 1.807) is 0 Å². The van der Waals surface area contributed by atoms with Crippen molar-refractivity contribution in [1.29, 1.82) is 0 Å². The van der Waals surface area contributed by atoms with E-state index in [1.165, 1.54) is 114 Å². The average Bonchev–Trinajstić information content (AvgIpc) is 3.00. The Hall–Kier alpha value is 0.210. The van der Waals surface area contributed by atoms with Crippen LogP contribution in [0.15, 0.2) is 0 Å². The van der Waals surface area contributed by atoms with Gasteiger partial charge in [0.1, 0.15) is 0 Å². The molecule has 0 spiro atoms. The monoisotopic (exact) mass is 360 g/mol. The minimum Gasteiger partial charge on any atom is -1.00 e. The summed E-state index contributed by atoms with van der Waals surface area (Å²) in [6, 6.07) is 0.780. The van der Waals surface area contributed by atoms with Gasteiger partial charge in [0.25, 0.3) is 0 Å². The molecule has 0 aliphatic carbocycles. The molecule has 1 unspecified atom stereocenters. The summed E-state index contributed by atoms with van der Waals surface area (Å²) in [4.78, 5) is 0. The van der Waals surface area contributed by atoms with Crippen molar-refractivity contribution in [2.45, 2.75) is 103 Å². The molecule has 1 heterocycles. The third-order valence-electron chi connectivity index (χ3n) is 5.49. The molecule has 0 bridgehead atoms. The van der Waals surface area contributed by atoms with Gasteiger partial charge in [-0.15, -0.1) is 0 Å². The van der Waals surface area contributed by atoms with Gasteiger partial charge >= 0.3 is 0 Å². The fourth-order valence-corrected chi connectivity index (χ4v) is 3.98. The summed E-state index contributed by atoms with van der Waals surface area (Å²) in [7, 11) is 4.83. The third kappa shape index (κ3) is 13.5.